The number of benzene rings is 1. The molecule has 1 unspecified atom stereocenters. The van der Waals surface area contributed by atoms with Crippen LogP contribution in [0.15, 0.2) is 47.6 Å². The van der Waals surface area contributed by atoms with E-state index in [1.54, 1.807) is 37.5 Å². The van der Waals surface area contributed by atoms with E-state index in [1.165, 1.54) is 6.07 Å². The van der Waals surface area contributed by atoms with Crippen molar-refractivity contribution in [2.75, 3.05) is 20.1 Å². The van der Waals surface area contributed by atoms with Crippen LogP contribution in [0.5, 0.6) is 5.75 Å². The zero-order chi connectivity index (χ0) is 18.8. The molecule has 0 bridgehead atoms. The minimum Gasteiger partial charge on any atom is -0.486 e. The number of rotatable bonds is 8. The number of ether oxygens (including phenoxy) is 1. The first-order valence-electron chi connectivity index (χ1n) is 8.58. The van der Waals surface area contributed by atoms with E-state index in [-0.39, 0.29) is 17.7 Å². The quantitative estimate of drug-likeness (QED) is 0.419. The normalized spacial score (nSPS) is 12.5. The van der Waals surface area contributed by atoms with Crippen molar-refractivity contribution in [1.82, 2.24) is 15.6 Å². The fourth-order valence-corrected chi connectivity index (χ4v) is 2.41. The van der Waals surface area contributed by atoms with E-state index in [4.69, 9.17) is 16.3 Å². The Kier molecular flexibility index (Phi) is 8.15. The fraction of sp³-hybridized carbons (Fsp3) is 0.368. The molecule has 0 radical (unpaired) electrons. The Morgan fingerprint density at radius 1 is 1.27 bits per heavy atom. The average Bonchev–Trinajstić information content (AvgIpc) is 2.66. The van der Waals surface area contributed by atoms with Gasteiger partial charge in [0, 0.05) is 19.8 Å². The van der Waals surface area contributed by atoms with Crippen molar-refractivity contribution in [3.05, 3.63) is 59.1 Å². The first-order valence-corrected chi connectivity index (χ1v) is 8.96. The van der Waals surface area contributed by atoms with E-state index in [9.17, 15) is 4.39 Å². The third-order valence-electron chi connectivity index (χ3n) is 3.80. The summed E-state index contributed by atoms with van der Waals surface area (Å²) >= 11 is 5.78. The number of aliphatic imine (C=N–C) groups is 1. The maximum absolute atomic E-state index is 13.7. The molecular formula is C19H24ClFN4O. The minimum absolute atomic E-state index is 0.161. The minimum atomic E-state index is -0.356. The molecule has 7 heteroatoms. The van der Waals surface area contributed by atoms with Crippen molar-refractivity contribution >= 4 is 17.6 Å². The van der Waals surface area contributed by atoms with Crippen molar-refractivity contribution in [1.29, 1.82) is 0 Å². The Hall–Kier alpha value is -2.34. The molecule has 0 aliphatic heterocycles. The molecule has 1 heterocycles. The number of guanidine groups is 1. The maximum Gasteiger partial charge on any atom is 0.191 e. The smallest absolute Gasteiger partial charge is 0.191 e. The van der Waals surface area contributed by atoms with Crippen molar-refractivity contribution in [2.24, 2.45) is 4.99 Å². The van der Waals surface area contributed by atoms with Gasteiger partial charge in [-0.1, -0.05) is 36.7 Å². The Morgan fingerprint density at radius 2 is 2.08 bits per heavy atom. The van der Waals surface area contributed by atoms with E-state index in [1.807, 2.05) is 13.0 Å². The topological polar surface area (TPSA) is 58.5 Å². The summed E-state index contributed by atoms with van der Waals surface area (Å²) in [5.41, 5.74) is 1.09. The van der Waals surface area contributed by atoms with E-state index in [0.717, 1.165) is 18.4 Å². The highest BCUT2D eigenvalue weighted by Crippen LogP contribution is 2.17. The van der Waals surface area contributed by atoms with E-state index >= 15 is 0 Å². The third kappa shape index (κ3) is 6.52. The Balaban J connectivity index is 1.77. The SMILES string of the molecule is CCC(CNC(=NC)NCCc1ccc(Cl)nc1)Oc1ccccc1F. The van der Waals surface area contributed by atoms with Crippen molar-refractivity contribution in [2.45, 2.75) is 25.9 Å². The second-order valence-electron chi connectivity index (χ2n) is 5.70. The van der Waals surface area contributed by atoms with Gasteiger partial charge < -0.3 is 15.4 Å². The van der Waals surface area contributed by atoms with Gasteiger partial charge in [0.25, 0.3) is 0 Å². The molecule has 0 aliphatic carbocycles. The lowest BCUT2D eigenvalue weighted by Gasteiger charge is -2.20. The molecule has 0 saturated heterocycles. The van der Waals surface area contributed by atoms with Gasteiger partial charge in [-0.05, 0) is 36.6 Å². The van der Waals surface area contributed by atoms with Gasteiger partial charge in [-0.3, -0.25) is 4.99 Å². The summed E-state index contributed by atoms with van der Waals surface area (Å²) in [4.78, 5) is 8.25. The van der Waals surface area contributed by atoms with Crippen LogP contribution in [-0.4, -0.2) is 37.2 Å². The van der Waals surface area contributed by atoms with Crippen LogP contribution in [0.4, 0.5) is 4.39 Å². The third-order valence-corrected chi connectivity index (χ3v) is 4.02. The maximum atomic E-state index is 13.7. The summed E-state index contributed by atoms with van der Waals surface area (Å²) < 4.78 is 19.4. The van der Waals surface area contributed by atoms with Gasteiger partial charge in [0.2, 0.25) is 0 Å². The number of para-hydroxylation sites is 1. The zero-order valence-corrected chi connectivity index (χ0v) is 15.8. The molecule has 0 saturated carbocycles. The van der Waals surface area contributed by atoms with Crippen LogP contribution in [0, 0.1) is 5.82 Å². The zero-order valence-electron chi connectivity index (χ0n) is 15.0. The van der Waals surface area contributed by atoms with E-state index in [0.29, 0.717) is 24.2 Å². The first kappa shape index (κ1) is 20.0. The van der Waals surface area contributed by atoms with Crippen LogP contribution in [0.3, 0.4) is 0 Å². The lowest BCUT2D eigenvalue weighted by atomic mass is 10.2. The Morgan fingerprint density at radius 3 is 2.73 bits per heavy atom. The molecule has 0 aliphatic rings. The largest absolute Gasteiger partial charge is 0.486 e. The van der Waals surface area contributed by atoms with Gasteiger partial charge in [0.1, 0.15) is 11.3 Å². The molecule has 1 aromatic carbocycles. The summed E-state index contributed by atoms with van der Waals surface area (Å²) in [5, 5.41) is 6.93. The highest BCUT2D eigenvalue weighted by Gasteiger charge is 2.11. The van der Waals surface area contributed by atoms with Crippen LogP contribution in [-0.2, 0) is 6.42 Å². The highest BCUT2D eigenvalue weighted by atomic mass is 35.5. The summed E-state index contributed by atoms with van der Waals surface area (Å²) in [6.45, 7) is 3.22. The molecule has 0 amide bonds. The van der Waals surface area contributed by atoms with Gasteiger partial charge in [-0.15, -0.1) is 0 Å². The molecule has 2 rings (SSSR count). The molecule has 0 fully saturated rings. The predicted octanol–water partition coefficient (Wildman–Crippen LogP) is 3.44. The number of aromatic nitrogens is 1. The standard InChI is InChI=1S/C19H24ClFN4O/c1-3-15(26-17-7-5-4-6-16(17)21)13-25-19(22-2)23-11-10-14-8-9-18(20)24-12-14/h4-9,12,15H,3,10-11,13H2,1-2H3,(H2,22,23,25). The number of hydrogen-bond donors (Lipinski definition) is 2. The van der Waals surface area contributed by atoms with E-state index in [2.05, 4.69) is 20.6 Å². The monoisotopic (exact) mass is 378 g/mol. The molecule has 1 aromatic heterocycles. The highest BCUT2D eigenvalue weighted by molar-refractivity contribution is 6.29. The van der Waals surface area contributed by atoms with Crippen LogP contribution < -0.4 is 15.4 Å². The lowest BCUT2D eigenvalue weighted by Crippen LogP contribution is -2.43. The van der Waals surface area contributed by atoms with Crippen LogP contribution in [0.1, 0.15) is 18.9 Å². The molecule has 26 heavy (non-hydrogen) atoms. The van der Waals surface area contributed by atoms with Crippen molar-refractivity contribution in [3.63, 3.8) is 0 Å². The van der Waals surface area contributed by atoms with Gasteiger partial charge in [0.15, 0.2) is 17.5 Å². The molecule has 0 spiro atoms. The second-order valence-corrected chi connectivity index (χ2v) is 6.08. The van der Waals surface area contributed by atoms with E-state index < -0.39 is 0 Å². The van der Waals surface area contributed by atoms with Gasteiger partial charge in [0.05, 0.1) is 6.54 Å². The molecular weight excluding hydrogens is 355 g/mol. The van der Waals surface area contributed by atoms with Gasteiger partial charge >= 0.3 is 0 Å². The summed E-state index contributed by atoms with van der Waals surface area (Å²) in [7, 11) is 1.71. The first-order chi connectivity index (χ1) is 12.6. The summed E-state index contributed by atoms with van der Waals surface area (Å²) in [6.07, 6.45) is 3.14. The van der Waals surface area contributed by atoms with Gasteiger partial charge in [-0.25, -0.2) is 9.37 Å². The summed E-state index contributed by atoms with van der Waals surface area (Å²) in [6, 6.07) is 10.1. The fourth-order valence-electron chi connectivity index (χ4n) is 2.30. The van der Waals surface area contributed by atoms with Crippen LogP contribution >= 0.6 is 11.6 Å². The average molecular weight is 379 g/mol. The van der Waals surface area contributed by atoms with Crippen LogP contribution in [0.25, 0.3) is 0 Å². The molecule has 2 N–H and O–H groups in total. The molecule has 5 nitrogen and oxygen atoms in total. The predicted molar refractivity (Wildman–Crippen MR) is 103 cm³/mol. The number of hydrogen-bond acceptors (Lipinski definition) is 3. The number of nitrogens with one attached hydrogen (secondary N) is 2. The summed E-state index contributed by atoms with van der Waals surface area (Å²) in [5.74, 6) is 0.576. The molecule has 140 valence electrons. The van der Waals surface area contributed by atoms with Crippen molar-refractivity contribution in [3.8, 4) is 5.75 Å². The van der Waals surface area contributed by atoms with Gasteiger partial charge in [-0.2, -0.15) is 0 Å². The molecule has 2 aromatic rings. The van der Waals surface area contributed by atoms with Crippen molar-refractivity contribution < 1.29 is 9.13 Å². The lowest BCUT2D eigenvalue weighted by molar-refractivity contribution is 0.191. The number of pyridine rings is 1. The number of nitrogens with zero attached hydrogens (tertiary/aromatic N) is 2. The Bertz CT molecular complexity index is 709. The Labute approximate surface area is 158 Å². The van der Waals surface area contributed by atoms with Crippen LogP contribution in [0.2, 0.25) is 5.15 Å². The number of halogens is 2. The molecule has 1 atom stereocenters. The second kappa shape index (κ2) is 10.6.